The Labute approximate surface area is 117 Å². The van der Waals surface area contributed by atoms with Crippen molar-refractivity contribution in [2.75, 3.05) is 26.2 Å². The standard InChI is InChI=1S/C16H28N2O/c1-4-19-15-7-5-14(6-8-15)9-11-18-12-10-16(2,3)13-17/h5-8,18H,4,9-13,17H2,1-3H3. The largest absolute Gasteiger partial charge is 0.494 e. The molecule has 0 heterocycles. The third kappa shape index (κ3) is 6.60. The first-order valence-electron chi connectivity index (χ1n) is 7.20. The maximum absolute atomic E-state index is 5.71. The lowest BCUT2D eigenvalue weighted by atomic mass is 9.90. The van der Waals surface area contributed by atoms with E-state index in [0.717, 1.165) is 44.8 Å². The van der Waals surface area contributed by atoms with Gasteiger partial charge in [0, 0.05) is 0 Å². The summed E-state index contributed by atoms with van der Waals surface area (Å²) in [4.78, 5) is 0. The summed E-state index contributed by atoms with van der Waals surface area (Å²) in [6, 6.07) is 8.35. The Morgan fingerprint density at radius 3 is 2.42 bits per heavy atom. The number of benzene rings is 1. The highest BCUT2D eigenvalue weighted by atomic mass is 16.5. The van der Waals surface area contributed by atoms with E-state index in [9.17, 15) is 0 Å². The molecule has 0 unspecified atom stereocenters. The van der Waals surface area contributed by atoms with Crippen LogP contribution in [0.4, 0.5) is 0 Å². The number of nitrogens with one attached hydrogen (secondary N) is 1. The Bertz CT molecular complexity index is 346. The average molecular weight is 264 g/mol. The summed E-state index contributed by atoms with van der Waals surface area (Å²) in [7, 11) is 0. The zero-order valence-electron chi connectivity index (χ0n) is 12.5. The van der Waals surface area contributed by atoms with Crippen molar-refractivity contribution < 1.29 is 4.74 Å². The van der Waals surface area contributed by atoms with Gasteiger partial charge in [0.05, 0.1) is 6.61 Å². The van der Waals surface area contributed by atoms with Crippen LogP contribution in [-0.2, 0) is 6.42 Å². The minimum absolute atomic E-state index is 0.242. The summed E-state index contributed by atoms with van der Waals surface area (Å²) in [5, 5.41) is 3.48. The molecule has 0 aliphatic rings. The molecular formula is C16H28N2O. The van der Waals surface area contributed by atoms with Crippen molar-refractivity contribution in [3.63, 3.8) is 0 Å². The van der Waals surface area contributed by atoms with Gasteiger partial charge in [0.1, 0.15) is 5.75 Å². The Balaban J connectivity index is 2.19. The van der Waals surface area contributed by atoms with Crippen LogP contribution in [0.3, 0.4) is 0 Å². The highest BCUT2D eigenvalue weighted by molar-refractivity contribution is 5.27. The smallest absolute Gasteiger partial charge is 0.119 e. The molecule has 3 nitrogen and oxygen atoms in total. The van der Waals surface area contributed by atoms with Gasteiger partial charge in [-0.3, -0.25) is 0 Å². The first-order valence-corrected chi connectivity index (χ1v) is 7.20. The minimum Gasteiger partial charge on any atom is -0.494 e. The van der Waals surface area contributed by atoms with Gasteiger partial charge in [0.25, 0.3) is 0 Å². The Morgan fingerprint density at radius 2 is 1.84 bits per heavy atom. The zero-order valence-corrected chi connectivity index (χ0v) is 12.5. The fourth-order valence-corrected chi connectivity index (χ4v) is 1.81. The molecular weight excluding hydrogens is 236 g/mol. The molecule has 0 amide bonds. The topological polar surface area (TPSA) is 47.3 Å². The van der Waals surface area contributed by atoms with Crippen LogP contribution in [0.5, 0.6) is 5.75 Å². The number of nitrogens with two attached hydrogens (primary N) is 1. The molecule has 0 spiro atoms. The Morgan fingerprint density at radius 1 is 1.16 bits per heavy atom. The predicted octanol–water partition coefficient (Wildman–Crippen LogP) is 2.59. The first kappa shape index (κ1) is 16.0. The molecule has 0 saturated carbocycles. The predicted molar refractivity (Wildman–Crippen MR) is 81.6 cm³/mol. The number of hydrogen-bond acceptors (Lipinski definition) is 3. The maximum atomic E-state index is 5.71. The van der Waals surface area contributed by atoms with Gasteiger partial charge < -0.3 is 15.8 Å². The van der Waals surface area contributed by atoms with Crippen molar-refractivity contribution in [1.29, 1.82) is 0 Å². The maximum Gasteiger partial charge on any atom is 0.119 e. The lowest BCUT2D eigenvalue weighted by molar-refractivity contribution is 0.339. The highest BCUT2D eigenvalue weighted by Crippen LogP contribution is 2.16. The van der Waals surface area contributed by atoms with Gasteiger partial charge in [-0.25, -0.2) is 0 Å². The highest BCUT2D eigenvalue weighted by Gasteiger charge is 2.13. The van der Waals surface area contributed by atoms with Crippen LogP contribution in [-0.4, -0.2) is 26.2 Å². The number of rotatable bonds is 9. The molecule has 3 heteroatoms. The second kappa shape index (κ2) is 8.18. The van der Waals surface area contributed by atoms with Crippen LogP contribution in [0, 0.1) is 5.41 Å². The summed E-state index contributed by atoms with van der Waals surface area (Å²) in [6.07, 6.45) is 2.17. The van der Waals surface area contributed by atoms with E-state index < -0.39 is 0 Å². The molecule has 0 bridgehead atoms. The SMILES string of the molecule is CCOc1ccc(CCNCCC(C)(C)CN)cc1. The molecule has 1 aromatic rings. The van der Waals surface area contributed by atoms with E-state index in [1.807, 2.05) is 19.1 Å². The molecule has 0 aromatic heterocycles. The first-order chi connectivity index (χ1) is 9.07. The van der Waals surface area contributed by atoms with Crippen molar-refractivity contribution in [3.8, 4) is 5.75 Å². The van der Waals surface area contributed by atoms with Crippen LogP contribution in [0.25, 0.3) is 0 Å². The minimum atomic E-state index is 0.242. The van der Waals surface area contributed by atoms with E-state index >= 15 is 0 Å². The van der Waals surface area contributed by atoms with Crippen LogP contribution in [0.1, 0.15) is 32.8 Å². The molecule has 108 valence electrons. The fraction of sp³-hybridized carbons (Fsp3) is 0.625. The van der Waals surface area contributed by atoms with Gasteiger partial charge in [0.2, 0.25) is 0 Å². The lowest BCUT2D eigenvalue weighted by Crippen LogP contribution is -2.29. The van der Waals surface area contributed by atoms with Crippen LogP contribution in [0.2, 0.25) is 0 Å². The molecule has 1 aromatic carbocycles. The summed E-state index contributed by atoms with van der Waals surface area (Å²) in [5.41, 5.74) is 7.30. The molecule has 3 N–H and O–H groups in total. The molecule has 0 aliphatic heterocycles. The fourth-order valence-electron chi connectivity index (χ4n) is 1.81. The van der Waals surface area contributed by atoms with Crippen molar-refractivity contribution in [1.82, 2.24) is 5.32 Å². The van der Waals surface area contributed by atoms with E-state index in [2.05, 4.69) is 31.3 Å². The summed E-state index contributed by atoms with van der Waals surface area (Å²) in [6.45, 7) is 9.92. The van der Waals surface area contributed by atoms with E-state index in [-0.39, 0.29) is 5.41 Å². The second-order valence-electron chi connectivity index (χ2n) is 5.70. The van der Waals surface area contributed by atoms with Gasteiger partial charge in [-0.15, -0.1) is 0 Å². The molecule has 1 rings (SSSR count). The molecule has 0 radical (unpaired) electrons. The summed E-state index contributed by atoms with van der Waals surface area (Å²) < 4.78 is 5.43. The normalized spacial score (nSPS) is 11.6. The van der Waals surface area contributed by atoms with E-state index in [0.29, 0.717) is 0 Å². The third-order valence-electron chi connectivity index (χ3n) is 3.36. The second-order valence-corrected chi connectivity index (χ2v) is 5.70. The molecule has 0 aliphatic carbocycles. The van der Waals surface area contributed by atoms with Crippen LogP contribution in [0.15, 0.2) is 24.3 Å². The van der Waals surface area contributed by atoms with Crippen molar-refractivity contribution in [2.24, 2.45) is 11.1 Å². The van der Waals surface area contributed by atoms with Crippen LogP contribution < -0.4 is 15.8 Å². The summed E-state index contributed by atoms with van der Waals surface area (Å²) >= 11 is 0. The Hall–Kier alpha value is -1.06. The lowest BCUT2D eigenvalue weighted by Gasteiger charge is -2.22. The van der Waals surface area contributed by atoms with Gasteiger partial charge in [-0.2, -0.15) is 0 Å². The molecule has 0 saturated heterocycles. The van der Waals surface area contributed by atoms with Gasteiger partial charge in [0.15, 0.2) is 0 Å². The van der Waals surface area contributed by atoms with Crippen LogP contribution >= 0.6 is 0 Å². The third-order valence-corrected chi connectivity index (χ3v) is 3.36. The molecule has 0 fully saturated rings. The van der Waals surface area contributed by atoms with Crippen molar-refractivity contribution in [3.05, 3.63) is 29.8 Å². The average Bonchev–Trinajstić information content (AvgIpc) is 2.40. The van der Waals surface area contributed by atoms with Gasteiger partial charge >= 0.3 is 0 Å². The van der Waals surface area contributed by atoms with E-state index in [1.54, 1.807) is 0 Å². The molecule has 19 heavy (non-hydrogen) atoms. The summed E-state index contributed by atoms with van der Waals surface area (Å²) in [5.74, 6) is 0.948. The van der Waals surface area contributed by atoms with E-state index in [4.69, 9.17) is 10.5 Å². The van der Waals surface area contributed by atoms with Gasteiger partial charge in [-0.1, -0.05) is 26.0 Å². The molecule has 0 atom stereocenters. The number of ether oxygens (including phenoxy) is 1. The Kier molecular flexibility index (Phi) is 6.89. The van der Waals surface area contributed by atoms with Crippen molar-refractivity contribution in [2.45, 2.75) is 33.6 Å². The zero-order chi connectivity index (χ0) is 14.1. The number of hydrogen-bond donors (Lipinski definition) is 2. The van der Waals surface area contributed by atoms with Crippen molar-refractivity contribution >= 4 is 0 Å². The van der Waals surface area contributed by atoms with E-state index in [1.165, 1.54) is 5.56 Å². The monoisotopic (exact) mass is 264 g/mol. The quantitative estimate of drug-likeness (QED) is 0.674. The van der Waals surface area contributed by atoms with Gasteiger partial charge in [-0.05, 0) is 62.5 Å².